The Balaban J connectivity index is 1.26. The minimum atomic E-state index is -1.71. The van der Waals surface area contributed by atoms with Crippen LogP contribution in [0, 0.1) is 45.3 Å². The van der Waals surface area contributed by atoms with Crippen LogP contribution in [0.4, 0.5) is 0 Å². The molecule has 4 aliphatic carbocycles. The predicted octanol–water partition coefficient (Wildman–Crippen LogP) is 1.54. The fourth-order valence-electron chi connectivity index (χ4n) is 14.1. The second-order valence-electron chi connectivity index (χ2n) is 21.4. The number of carbonyl (C=O) groups excluding carboxylic acids is 1. The summed E-state index contributed by atoms with van der Waals surface area (Å²) in [6, 6.07) is 0. The summed E-state index contributed by atoms with van der Waals surface area (Å²) in [6.45, 7) is 17.2. The SMILES string of the molecule is CC(=O)OC[C@H]1O[C@@H](O[C@H]2C[C@]3(C)[C@H](C[C@@H](O)[C@@H]4[C@@H]([C@]5(C)CC[C@@H](C(C)(C)O)O5)CC[C@]43C)[C@@]3(C)CC[C@H](O)C(C)(C)[C@H]23)[C@H](O[C@@H]2OC[C@@H](O)[C@H](O)[C@H]2O)[C@@H](O)[C@@H]1O. The summed E-state index contributed by atoms with van der Waals surface area (Å²) in [5, 5.41) is 89.4. The van der Waals surface area contributed by atoms with Gasteiger partial charge in [-0.2, -0.15) is 0 Å². The molecule has 3 saturated heterocycles. The van der Waals surface area contributed by atoms with Crippen LogP contribution in [-0.4, -0.2) is 151 Å². The van der Waals surface area contributed by atoms with Gasteiger partial charge in [-0.25, -0.2) is 0 Å². The molecular weight excluding hydrogens is 756 g/mol. The third kappa shape index (κ3) is 7.11. The zero-order valence-electron chi connectivity index (χ0n) is 35.8. The molecule has 0 aromatic rings. The number of carbonyl (C=O) groups is 1. The molecule has 0 amide bonds. The first-order valence-electron chi connectivity index (χ1n) is 21.7. The van der Waals surface area contributed by atoms with Gasteiger partial charge < -0.3 is 69.3 Å². The van der Waals surface area contributed by atoms with Crippen LogP contribution in [-0.2, 0) is 33.2 Å². The van der Waals surface area contributed by atoms with E-state index < -0.39 is 114 Å². The molecule has 0 aromatic heterocycles. The summed E-state index contributed by atoms with van der Waals surface area (Å²) in [5.41, 5.74) is -3.47. The van der Waals surface area contributed by atoms with Crippen LogP contribution < -0.4 is 0 Å². The summed E-state index contributed by atoms with van der Waals surface area (Å²) in [6.07, 6.45) is -10.3. The van der Waals surface area contributed by atoms with Crippen LogP contribution in [0.15, 0.2) is 0 Å². The lowest BCUT2D eigenvalue weighted by Gasteiger charge is -2.72. The Labute approximate surface area is 342 Å². The number of esters is 1. The summed E-state index contributed by atoms with van der Waals surface area (Å²) in [5.74, 6) is -0.933. The number of fused-ring (bicyclic) bond motifs is 5. The molecule has 0 bridgehead atoms. The molecule has 15 nitrogen and oxygen atoms in total. The minimum Gasteiger partial charge on any atom is -0.463 e. The van der Waals surface area contributed by atoms with E-state index in [9.17, 15) is 45.6 Å². The molecule has 8 N–H and O–H groups in total. The smallest absolute Gasteiger partial charge is 0.302 e. The van der Waals surface area contributed by atoms with E-state index in [1.165, 1.54) is 6.92 Å². The molecule has 7 rings (SSSR count). The summed E-state index contributed by atoms with van der Waals surface area (Å²) < 4.78 is 37.2. The van der Waals surface area contributed by atoms with Crippen molar-refractivity contribution in [1.29, 1.82) is 0 Å². The molecule has 0 unspecified atom stereocenters. The molecule has 0 spiro atoms. The molecular formula is C43H72O15. The highest BCUT2D eigenvalue weighted by Gasteiger charge is 2.74. The third-order valence-electron chi connectivity index (χ3n) is 17.3. The zero-order chi connectivity index (χ0) is 42.7. The van der Waals surface area contributed by atoms with Crippen LogP contribution in [0.5, 0.6) is 0 Å². The highest BCUT2D eigenvalue weighted by Crippen LogP contribution is 2.76. The lowest BCUT2D eigenvalue weighted by molar-refractivity contribution is -0.377. The first-order valence-corrected chi connectivity index (χ1v) is 21.7. The van der Waals surface area contributed by atoms with E-state index in [0.717, 1.165) is 25.7 Å². The van der Waals surface area contributed by atoms with Gasteiger partial charge in [-0.3, -0.25) is 4.79 Å². The molecule has 0 aromatic carbocycles. The van der Waals surface area contributed by atoms with Crippen molar-refractivity contribution in [3.63, 3.8) is 0 Å². The highest BCUT2D eigenvalue weighted by molar-refractivity contribution is 5.65. The number of ether oxygens (including phenoxy) is 6. The van der Waals surface area contributed by atoms with Crippen LogP contribution in [0.1, 0.15) is 114 Å². The van der Waals surface area contributed by atoms with E-state index in [1.54, 1.807) is 13.8 Å². The predicted molar refractivity (Wildman–Crippen MR) is 205 cm³/mol. The summed E-state index contributed by atoms with van der Waals surface area (Å²) in [7, 11) is 0. The lowest BCUT2D eigenvalue weighted by Crippen LogP contribution is -2.71. The first kappa shape index (κ1) is 45.0. The standard InChI is InChI=1S/C43H72O15/c1-20(44)53-19-25-31(49)32(50)34(57-36-33(51)30(48)23(46)18-54-36)37(56-25)55-24-17-42(8)26(40(6)13-11-27(47)38(2,3)35(24)40)16-22(45)29-21(10-14-41(29,42)7)43(9)15-12-28(58-43)39(4,5)52/h21-37,45-52H,10-19H2,1-9H3/t21-,22+,23+,24-,25+,26+,27-,28-,29-,30-,31+,32-,33+,34+,35-,36-,37+,40+,41+,42+,43-/m0/s1. The monoisotopic (exact) mass is 828 g/mol. The maximum Gasteiger partial charge on any atom is 0.302 e. The fourth-order valence-corrected chi connectivity index (χ4v) is 14.1. The van der Waals surface area contributed by atoms with Crippen molar-refractivity contribution in [2.75, 3.05) is 13.2 Å². The van der Waals surface area contributed by atoms with Crippen molar-refractivity contribution in [3.8, 4) is 0 Å². The Bertz CT molecular complexity index is 1510. The second-order valence-corrected chi connectivity index (χ2v) is 21.4. The van der Waals surface area contributed by atoms with Crippen molar-refractivity contribution in [2.24, 2.45) is 45.3 Å². The Morgan fingerprint density at radius 1 is 0.793 bits per heavy atom. The Morgan fingerprint density at radius 3 is 2.12 bits per heavy atom. The molecule has 4 saturated carbocycles. The van der Waals surface area contributed by atoms with Crippen LogP contribution in [0.2, 0.25) is 0 Å². The van der Waals surface area contributed by atoms with Crippen molar-refractivity contribution >= 4 is 5.97 Å². The van der Waals surface area contributed by atoms with Crippen molar-refractivity contribution < 1.29 is 74.1 Å². The zero-order valence-corrected chi connectivity index (χ0v) is 35.8. The van der Waals surface area contributed by atoms with E-state index in [-0.39, 0.29) is 41.8 Å². The highest BCUT2D eigenvalue weighted by atomic mass is 16.8. The van der Waals surface area contributed by atoms with Gasteiger partial charge >= 0.3 is 5.97 Å². The van der Waals surface area contributed by atoms with Crippen LogP contribution >= 0.6 is 0 Å². The fraction of sp³-hybridized carbons (Fsp3) is 0.977. The van der Waals surface area contributed by atoms with Crippen LogP contribution in [0.25, 0.3) is 0 Å². The minimum absolute atomic E-state index is 0.0372. The van der Waals surface area contributed by atoms with E-state index in [4.69, 9.17) is 28.4 Å². The average Bonchev–Trinajstić information content (AvgIpc) is 3.73. The molecule has 7 aliphatic rings. The second kappa shape index (κ2) is 15.3. The number of hydrogen-bond donors (Lipinski definition) is 8. The number of hydrogen-bond acceptors (Lipinski definition) is 15. The van der Waals surface area contributed by atoms with Crippen molar-refractivity contribution in [1.82, 2.24) is 0 Å². The molecule has 58 heavy (non-hydrogen) atoms. The van der Waals surface area contributed by atoms with Gasteiger partial charge in [0.15, 0.2) is 12.6 Å². The Hall–Kier alpha value is -1.05. The molecule has 21 atom stereocenters. The Morgan fingerprint density at radius 2 is 1.48 bits per heavy atom. The average molecular weight is 829 g/mol. The number of aliphatic hydroxyl groups is 8. The van der Waals surface area contributed by atoms with Gasteiger partial charge in [-0.05, 0) is 117 Å². The van der Waals surface area contributed by atoms with Gasteiger partial charge in [0.2, 0.25) is 0 Å². The third-order valence-corrected chi connectivity index (χ3v) is 17.3. The van der Waals surface area contributed by atoms with Gasteiger partial charge in [-0.15, -0.1) is 0 Å². The summed E-state index contributed by atoms with van der Waals surface area (Å²) >= 11 is 0. The van der Waals surface area contributed by atoms with Gasteiger partial charge in [0.05, 0.1) is 42.2 Å². The normalized spacial score (nSPS) is 54.3. The largest absolute Gasteiger partial charge is 0.463 e. The lowest BCUT2D eigenvalue weighted by atomic mass is 9.34. The van der Waals surface area contributed by atoms with Gasteiger partial charge in [0.1, 0.15) is 49.3 Å². The number of aliphatic hydroxyl groups excluding tert-OH is 7. The van der Waals surface area contributed by atoms with Crippen molar-refractivity contribution in [3.05, 3.63) is 0 Å². The van der Waals surface area contributed by atoms with E-state index in [0.29, 0.717) is 25.7 Å². The quantitative estimate of drug-likeness (QED) is 0.128. The summed E-state index contributed by atoms with van der Waals surface area (Å²) in [4.78, 5) is 11.9. The molecule has 3 aliphatic heterocycles. The van der Waals surface area contributed by atoms with E-state index >= 15 is 0 Å². The molecule has 0 radical (unpaired) electrons. The van der Waals surface area contributed by atoms with Gasteiger partial charge in [0, 0.05) is 6.92 Å². The molecule has 334 valence electrons. The van der Waals surface area contributed by atoms with E-state index in [1.807, 2.05) is 13.8 Å². The first-order chi connectivity index (χ1) is 26.8. The molecule has 3 heterocycles. The van der Waals surface area contributed by atoms with Gasteiger partial charge in [0.25, 0.3) is 0 Å². The van der Waals surface area contributed by atoms with Gasteiger partial charge in [-0.1, -0.05) is 34.6 Å². The Kier molecular flexibility index (Phi) is 11.9. The molecule has 15 heteroatoms. The van der Waals surface area contributed by atoms with Crippen molar-refractivity contribution in [2.45, 2.75) is 205 Å². The molecule has 7 fully saturated rings. The maximum absolute atomic E-state index is 12.4. The topological polar surface area (TPSA) is 234 Å². The van der Waals surface area contributed by atoms with Crippen LogP contribution in [0.3, 0.4) is 0 Å². The van der Waals surface area contributed by atoms with E-state index in [2.05, 4.69) is 27.7 Å². The number of rotatable bonds is 8. The maximum atomic E-state index is 12.4.